The van der Waals surface area contributed by atoms with Gasteiger partial charge in [-0.3, -0.25) is 4.98 Å². The second-order valence-electron chi connectivity index (χ2n) is 3.03. The molecule has 0 saturated carbocycles. The fraction of sp³-hybridized carbons (Fsp3) is 0.100. The lowest BCUT2D eigenvalue weighted by molar-refractivity contribution is 1.26. The van der Waals surface area contributed by atoms with Crippen LogP contribution in [-0.2, 0) is 0 Å². The highest BCUT2D eigenvalue weighted by Gasteiger charge is 2.07. The highest BCUT2D eigenvalue weighted by atomic mass is 35.5. The van der Waals surface area contributed by atoms with Crippen LogP contribution in [0.2, 0.25) is 15.1 Å². The van der Waals surface area contributed by atoms with Crippen LogP contribution in [0, 0.1) is 6.92 Å². The molecule has 0 spiro atoms. The van der Waals surface area contributed by atoms with Gasteiger partial charge in [-0.25, -0.2) is 0 Å². The van der Waals surface area contributed by atoms with Gasteiger partial charge < -0.3 is 0 Å². The number of aromatic nitrogens is 1. The second-order valence-corrected chi connectivity index (χ2v) is 4.28. The zero-order valence-electron chi connectivity index (χ0n) is 7.31. The minimum Gasteiger partial charge on any atom is -0.253 e. The molecule has 0 atom stereocenters. The number of aryl methyl sites for hydroxylation is 1. The Labute approximate surface area is 96.6 Å². The summed E-state index contributed by atoms with van der Waals surface area (Å²) in [6.45, 7) is 1.88. The second kappa shape index (κ2) is 3.58. The highest BCUT2D eigenvalue weighted by molar-refractivity contribution is 6.43. The van der Waals surface area contributed by atoms with E-state index in [1.807, 2.05) is 6.92 Å². The largest absolute Gasteiger partial charge is 0.253 e. The molecule has 1 heterocycles. The van der Waals surface area contributed by atoms with E-state index >= 15 is 0 Å². The lowest BCUT2D eigenvalue weighted by Gasteiger charge is -2.04. The maximum atomic E-state index is 6.05. The number of rotatable bonds is 0. The van der Waals surface area contributed by atoms with E-state index in [9.17, 15) is 0 Å². The molecule has 1 aromatic carbocycles. The summed E-state index contributed by atoms with van der Waals surface area (Å²) in [4.78, 5) is 4.30. The maximum Gasteiger partial charge on any atom is 0.0750 e. The van der Waals surface area contributed by atoms with Crippen molar-refractivity contribution in [3.05, 3.63) is 39.0 Å². The first kappa shape index (κ1) is 10.0. The van der Waals surface area contributed by atoms with E-state index in [-0.39, 0.29) is 0 Å². The van der Waals surface area contributed by atoms with Crippen molar-refractivity contribution in [1.29, 1.82) is 0 Å². The smallest absolute Gasteiger partial charge is 0.0750 e. The predicted octanol–water partition coefficient (Wildman–Crippen LogP) is 4.50. The number of nitrogens with zero attached hydrogens (tertiary/aromatic N) is 1. The van der Waals surface area contributed by atoms with Gasteiger partial charge in [0.15, 0.2) is 0 Å². The molecule has 0 aliphatic rings. The number of pyridine rings is 1. The Balaban J connectivity index is 2.94. The van der Waals surface area contributed by atoms with Gasteiger partial charge in [0.25, 0.3) is 0 Å². The molecular weight excluding hydrogens is 240 g/mol. The quantitative estimate of drug-likeness (QED) is 0.667. The molecule has 0 amide bonds. The third kappa shape index (κ3) is 1.68. The van der Waals surface area contributed by atoms with Crippen molar-refractivity contribution in [2.75, 3.05) is 0 Å². The summed E-state index contributed by atoms with van der Waals surface area (Å²) < 4.78 is 0. The molecule has 2 aromatic rings. The molecule has 0 unspecified atom stereocenters. The molecule has 1 nitrogen and oxygen atoms in total. The van der Waals surface area contributed by atoms with Gasteiger partial charge in [0.05, 0.1) is 15.6 Å². The summed E-state index contributed by atoms with van der Waals surface area (Å²) in [6.07, 6.45) is 0. The molecule has 4 heteroatoms. The minimum atomic E-state index is 0.532. The molecule has 72 valence electrons. The Morgan fingerprint density at radius 3 is 2.36 bits per heavy atom. The van der Waals surface area contributed by atoms with Crippen molar-refractivity contribution < 1.29 is 0 Å². The van der Waals surface area contributed by atoms with Gasteiger partial charge >= 0.3 is 0 Å². The zero-order valence-corrected chi connectivity index (χ0v) is 9.58. The Hall–Kier alpha value is -0.500. The van der Waals surface area contributed by atoms with Crippen LogP contribution in [0.4, 0.5) is 0 Å². The summed E-state index contributed by atoms with van der Waals surface area (Å²) >= 11 is 17.9. The molecule has 14 heavy (non-hydrogen) atoms. The summed E-state index contributed by atoms with van der Waals surface area (Å²) in [5.41, 5.74) is 1.58. The molecule has 0 aliphatic carbocycles. The van der Waals surface area contributed by atoms with Gasteiger partial charge in [-0.1, -0.05) is 34.8 Å². The molecule has 0 aliphatic heterocycles. The number of fused-ring (bicyclic) bond motifs is 1. The van der Waals surface area contributed by atoms with Gasteiger partial charge in [-0.15, -0.1) is 0 Å². The van der Waals surface area contributed by atoms with E-state index < -0.39 is 0 Å². The van der Waals surface area contributed by atoms with E-state index in [0.717, 1.165) is 16.6 Å². The van der Waals surface area contributed by atoms with Crippen molar-refractivity contribution in [2.45, 2.75) is 6.92 Å². The molecule has 0 bridgehead atoms. The third-order valence-electron chi connectivity index (χ3n) is 1.91. The molecule has 0 N–H and O–H groups in total. The average molecular weight is 247 g/mol. The van der Waals surface area contributed by atoms with Crippen LogP contribution in [0.5, 0.6) is 0 Å². The average Bonchev–Trinajstić information content (AvgIpc) is 1.99. The van der Waals surface area contributed by atoms with Crippen molar-refractivity contribution >= 4 is 45.7 Å². The van der Waals surface area contributed by atoms with Gasteiger partial charge in [-0.2, -0.15) is 0 Å². The van der Waals surface area contributed by atoms with E-state index in [0.29, 0.717) is 15.1 Å². The van der Waals surface area contributed by atoms with Gasteiger partial charge in [0.2, 0.25) is 0 Å². The maximum absolute atomic E-state index is 6.05. The van der Waals surface area contributed by atoms with Crippen LogP contribution >= 0.6 is 34.8 Å². The van der Waals surface area contributed by atoms with E-state index in [2.05, 4.69) is 4.98 Å². The number of benzene rings is 1. The molecule has 0 radical (unpaired) electrons. The Bertz CT molecular complexity index is 465. The van der Waals surface area contributed by atoms with Crippen LogP contribution in [0.1, 0.15) is 5.69 Å². The molecule has 0 saturated heterocycles. The lowest BCUT2D eigenvalue weighted by Crippen LogP contribution is -1.85. The Morgan fingerprint density at radius 1 is 1.00 bits per heavy atom. The fourth-order valence-electron chi connectivity index (χ4n) is 1.36. The van der Waals surface area contributed by atoms with E-state index in [4.69, 9.17) is 34.8 Å². The van der Waals surface area contributed by atoms with Crippen molar-refractivity contribution in [3.63, 3.8) is 0 Å². The van der Waals surface area contributed by atoms with Crippen LogP contribution in [0.3, 0.4) is 0 Å². The molecule has 0 fully saturated rings. The van der Waals surface area contributed by atoms with Gasteiger partial charge in [0.1, 0.15) is 0 Å². The number of halogens is 3. The summed E-state index contributed by atoms with van der Waals surface area (Å²) in [5, 5.41) is 2.46. The first-order valence-corrected chi connectivity index (χ1v) is 5.13. The summed E-state index contributed by atoms with van der Waals surface area (Å²) in [6, 6.07) is 5.19. The first-order valence-electron chi connectivity index (χ1n) is 4.00. The molecule has 2 rings (SSSR count). The molecule has 1 aromatic heterocycles. The Kier molecular flexibility index (Phi) is 2.56. The number of hydrogen-bond acceptors (Lipinski definition) is 1. The predicted molar refractivity (Wildman–Crippen MR) is 61.5 cm³/mol. The number of hydrogen-bond donors (Lipinski definition) is 0. The SMILES string of the molecule is Cc1cc(Cl)c2c(Cl)cc(Cl)cc2n1. The van der Waals surface area contributed by atoms with Crippen molar-refractivity contribution in [2.24, 2.45) is 0 Å². The topological polar surface area (TPSA) is 12.9 Å². The summed E-state index contributed by atoms with van der Waals surface area (Å²) in [5.74, 6) is 0. The first-order chi connectivity index (χ1) is 6.58. The summed E-state index contributed by atoms with van der Waals surface area (Å²) in [7, 11) is 0. The van der Waals surface area contributed by atoms with Crippen molar-refractivity contribution in [1.82, 2.24) is 4.98 Å². The third-order valence-corrected chi connectivity index (χ3v) is 2.72. The van der Waals surface area contributed by atoms with Crippen LogP contribution in [0.25, 0.3) is 10.9 Å². The van der Waals surface area contributed by atoms with Crippen molar-refractivity contribution in [3.8, 4) is 0 Å². The molecular formula is C10H6Cl3N. The van der Waals surface area contributed by atoms with E-state index in [1.165, 1.54) is 0 Å². The zero-order chi connectivity index (χ0) is 10.3. The van der Waals surface area contributed by atoms with Crippen LogP contribution < -0.4 is 0 Å². The Morgan fingerprint density at radius 2 is 1.64 bits per heavy atom. The normalized spacial score (nSPS) is 10.9. The lowest BCUT2D eigenvalue weighted by atomic mass is 10.2. The standard InChI is InChI=1S/C10H6Cl3N/c1-5-2-7(12)10-8(13)3-6(11)4-9(10)14-5/h2-4H,1H3. The minimum absolute atomic E-state index is 0.532. The van der Waals surface area contributed by atoms with Gasteiger partial charge in [-0.05, 0) is 25.1 Å². The van der Waals surface area contributed by atoms with E-state index in [1.54, 1.807) is 18.2 Å². The highest BCUT2D eigenvalue weighted by Crippen LogP contribution is 2.32. The van der Waals surface area contributed by atoms with Crippen LogP contribution in [-0.4, -0.2) is 4.98 Å². The van der Waals surface area contributed by atoms with Crippen LogP contribution in [0.15, 0.2) is 18.2 Å². The fourth-order valence-corrected chi connectivity index (χ4v) is 2.35. The van der Waals surface area contributed by atoms with Gasteiger partial charge in [0, 0.05) is 16.1 Å². The monoisotopic (exact) mass is 245 g/mol.